The van der Waals surface area contributed by atoms with Gasteiger partial charge < -0.3 is 19.3 Å². The van der Waals surface area contributed by atoms with E-state index in [4.69, 9.17) is 9.47 Å². The van der Waals surface area contributed by atoms with Gasteiger partial charge in [0.15, 0.2) is 0 Å². The summed E-state index contributed by atoms with van der Waals surface area (Å²) >= 11 is 0. The van der Waals surface area contributed by atoms with Crippen LogP contribution in [0.15, 0.2) is 18.2 Å². The van der Waals surface area contributed by atoms with Crippen LogP contribution in [-0.2, 0) is 9.59 Å². The highest BCUT2D eigenvalue weighted by Crippen LogP contribution is 2.42. The van der Waals surface area contributed by atoms with Gasteiger partial charge in [-0.2, -0.15) is 0 Å². The van der Waals surface area contributed by atoms with Crippen molar-refractivity contribution in [2.45, 2.75) is 32.6 Å². The molecular weight excluding hydrogens is 344 g/mol. The van der Waals surface area contributed by atoms with E-state index in [-0.39, 0.29) is 29.6 Å². The fourth-order valence-corrected chi connectivity index (χ4v) is 4.04. The average molecular weight is 374 g/mol. The van der Waals surface area contributed by atoms with Crippen molar-refractivity contribution in [1.82, 2.24) is 9.80 Å². The third-order valence-corrected chi connectivity index (χ3v) is 5.79. The Kier molecular flexibility index (Phi) is 5.92. The Morgan fingerprint density at radius 2 is 1.81 bits per heavy atom. The van der Waals surface area contributed by atoms with Crippen LogP contribution in [0.3, 0.4) is 0 Å². The summed E-state index contributed by atoms with van der Waals surface area (Å²) in [7, 11) is 3.26. The minimum Gasteiger partial charge on any atom is -0.497 e. The van der Waals surface area contributed by atoms with Gasteiger partial charge in [0.25, 0.3) is 0 Å². The molecule has 2 fully saturated rings. The monoisotopic (exact) mass is 374 g/mol. The van der Waals surface area contributed by atoms with Gasteiger partial charge in [-0.1, -0.05) is 0 Å². The first-order valence-electron chi connectivity index (χ1n) is 9.83. The Bertz CT molecular complexity index is 697. The van der Waals surface area contributed by atoms with E-state index in [1.165, 1.54) is 0 Å². The molecule has 1 heterocycles. The highest BCUT2D eigenvalue weighted by molar-refractivity contribution is 5.85. The van der Waals surface area contributed by atoms with Gasteiger partial charge in [0, 0.05) is 43.6 Å². The Morgan fingerprint density at radius 3 is 2.37 bits per heavy atom. The maximum absolute atomic E-state index is 13.2. The number of rotatable bonds is 7. The van der Waals surface area contributed by atoms with E-state index in [2.05, 4.69) is 0 Å². The summed E-state index contributed by atoms with van der Waals surface area (Å²) in [5, 5.41) is 0. The molecule has 0 radical (unpaired) electrons. The van der Waals surface area contributed by atoms with E-state index >= 15 is 0 Å². The molecule has 1 saturated heterocycles. The maximum Gasteiger partial charge on any atom is 0.228 e. The topological polar surface area (TPSA) is 59.1 Å². The van der Waals surface area contributed by atoms with Crippen LogP contribution >= 0.6 is 0 Å². The SMILES string of the molecule is CCN(CC)C(=O)C1CN(C(=O)C2CC2)CC1c1cc(OC)ccc1OC. The molecule has 2 amide bonds. The fourth-order valence-electron chi connectivity index (χ4n) is 4.04. The number of hydrogen-bond acceptors (Lipinski definition) is 4. The highest BCUT2D eigenvalue weighted by Gasteiger charge is 2.45. The van der Waals surface area contributed by atoms with Crippen molar-refractivity contribution in [3.8, 4) is 11.5 Å². The van der Waals surface area contributed by atoms with E-state index in [9.17, 15) is 9.59 Å². The minimum absolute atomic E-state index is 0.0918. The van der Waals surface area contributed by atoms with E-state index in [0.717, 1.165) is 29.9 Å². The van der Waals surface area contributed by atoms with Crippen LogP contribution in [0.4, 0.5) is 0 Å². The highest BCUT2D eigenvalue weighted by atomic mass is 16.5. The van der Waals surface area contributed by atoms with Gasteiger partial charge in [-0.05, 0) is 44.9 Å². The van der Waals surface area contributed by atoms with Gasteiger partial charge in [0.05, 0.1) is 20.1 Å². The largest absolute Gasteiger partial charge is 0.497 e. The molecule has 6 nitrogen and oxygen atoms in total. The Balaban J connectivity index is 1.95. The first-order chi connectivity index (χ1) is 13.0. The number of carbonyl (C=O) groups is 2. The van der Waals surface area contributed by atoms with Crippen LogP contribution in [0.5, 0.6) is 11.5 Å². The van der Waals surface area contributed by atoms with Crippen LogP contribution in [0.2, 0.25) is 0 Å². The van der Waals surface area contributed by atoms with Crippen molar-refractivity contribution in [1.29, 1.82) is 0 Å². The van der Waals surface area contributed by atoms with Gasteiger partial charge in [0.1, 0.15) is 11.5 Å². The third kappa shape index (κ3) is 3.89. The molecule has 1 aromatic rings. The molecule has 1 aliphatic heterocycles. The van der Waals surface area contributed by atoms with Crippen molar-refractivity contribution in [2.24, 2.45) is 11.8 Å². The summed E-state index contributed by atoms with van der Waals surface area (Å²) in [5.74, 6) is 1.57. The third-order valence-electron chi connectivity index (χ3n) is 5.79. The number of nitrogens with zero attached hydrogens (tertiary/aromatic N) is 2. The number of ether oxygens (including phenoxy) is 2. The Hall–Kier alpha value is -2.24. The lowest BCUT2D eigenvalue weighted by Gasteiger charge is -2.26. The average Bonchev–Trinajstić information content (AvgIpc) is 3.45. The van der Waals surface area contributed by atoms with E-state index < -0.39 is 0 Å². The first-order valence-corrected chi connectivity index (χ1v) is 9.83. The Labute approximate surface area is 161 Å². The molecule has 0 N–H and O–H groups in total. The second-order valence-corrected chi connectivity index (χ2v) is 7.35. The second kappa shape index (κ2) is 8.19. The number of methoxy groups -OCH3 is 2. The van der Waals surface area contributed by atoms with Crippen LogP contribution in [0.25, 0.3) is 0 Å². The summed E-state index contributed by atoms with van der Waals surface area (Å²) in [4.78, 5) is 29.6. The van der Waals surface area contributed by atoms with Gasteiger partial charge in [-0.15, -0.1) is 0 Å². The van der Waals surface area contributed by atoms with Gasteiger partial charge in [-0.3, -0.25) is 9.59 Å². The summed E-state index contributed by atoms with van der Waals surface area (Å²) in [5.41, 5.74) is 0.938. The van der Waals surface area contributed by atoms with Crippen LogP contribution in [0, 0.1) is 11.8 Å². The van der Waals surface area contributed by atoms with Gasteiger partial charge in [0.2, 0.25) is 11.8 Å². The summed E-state index contributed by atoms with van der Waals surface area (Å²) < 4.78 is 11.0. The predicted octanol–water partition coefficient (Wildman–Crippen LogP) is 2.52. The van der Waals surface area contributed by atoms with Gasteiger partial charge >= 0.3 is 0 Å². The van der Waals surface area contributed by atoms with Crippen molar-refractivity contribution in [2.75, 3.05) is 40.4 Å². The minimum atomic E-state index is -0.256. The van der Waals surface area contributed by atoms with Crippen LogP contribution in [-0.4, -0.2) is 62.0 Å². The molecule has 27 heavy (non-hydrogen) atoms. The maximum atomic E-state index is 13.2. The fraction of sp³-hybridized carbons (Fsp3) is 0.619. The molecule has 3 rings (SSSR count). The standard InChI is InChI=1S/C21H30N2O4/c1-5-22(6-2)21(25)18-13-23(20(24)14-7-8-14)12-17(18)16-11-15(26-3)9-10-19(16)27-4/h9-11,14,17-18H,5-8,12-13H2,1-4H3. The molecule has 0 spiro atoms. The second-order valence-electron chi connectivity index (χ2n) is 7.35. The zero-order valence-corrected chi connectivity index (χ0v) is 16.7. The van der Waals surface area contributed by atoms with Crippen molar-refractivity contribution in [3.63, 3.8) is 0 Å². The van der Waals surface area contributed by atoms with E-state index in [1.54, 1.807) is 14.2 Å². The molecule has 0 aromatic heterocycles. The lowest BCUT2D eigenvalue weighted by atomic mass is 9.87. The molecule has 2 unspecified atom stereocenters. The summed E-state index contributed by atoms with van der Waals surface area (Å²) in [6.07, 6.45) is 1.94. The number of hydrogen-bond donors (Lipinski definition) is 0. The molecule has 148 valence electrons. The van der Waals surface area contributed by atoms with Crippen molar-refractivity contribution in [3.05, 3.63) is 23.8 Å². The molecule has 0 bridgehead atoms. The lowest BCUT2D eigenvalue weighted by molar-refractivity contribution is -0.135. The molecule has 6 heteroatoms. The smallest absolute Gasteiger partial charge is 0.228 e. The van der Waals surface area contributed by atoms with Crippen LogP contribution in [0.1, 0.15) is 38.2 Å². The van der Waals surface area contributed by atoms with Crippen LogP contribution < -0.4 is 9.47 Å². The molecule has 2 aliphatic rings. The quantitative estimate of drug-likeness (QED) is 0.736. The Morgan fingerprint density at radius 1 is 1.11 bits per heavy atom. The molecular formula is C21H30N2O4. The number of likely N-dealkylation sites (tertiary alicyclic amines) is 1. The van der Waals surface area contributed by atoms with E-state index in [1.807, 2.05) is 41.8 Å². The first kappa shape index (κ1) is 19.5. The number of amides is 2. The molecule has 1 aliphatic carbocycles. The van der Waals surface area contributed by atoms with Gasteiger partial charge in [-0.25, -0.2) is 0 Å². The molecule has 1 aromatic carbocycles. The van der Waals surface area contributed by atoms with Crippen molar-refractivity contribution < 1.29 is 19.1 Å². The predicted molar refractivity (Wildman–Crippen MR) is 103 cm³/mol. The summed E-state index contributed by atoms with van der Waals surface area (Å²) in [6, 6.07) is 5.67. The molecule has 1 saturated carbocycles. The molecule has 2 atom stereocenters. The number of benzene rings is 1. The van der Waals surface area contributed by atoms with E-state index in [0.29, 0.717) is 26.2 Å². The zero-order chi connectivity index (χ0) is 19.6. The zero-order valence-electron chi connectivity index (χ0n) is 16.7. The van der Waals surface area contributed by atoms with Crippen molar-refractivity contribution >= 4 is 11.8 Å². The summed E-state index contributed by atoms with van der Waals surface area (Å²) in [6.45, 7) is 6.36. The number of carbonyl (C=O) groups excluding carboxylic acids is 2. The normalized spacial score (nSPS) is 21.9. The lowest BCUT2D eigenvalue weighted by Crippen LogP contribution is -2.39.